The molecule has 11 heteroatoms. The van der Waals surface area contributed by atoms with Crippen molar-refractivity contribution in [3.63, 3.8) is 0 Å². The molecule has 0 atom stereocenters. The van der Waals surface area contributed by atoms with Crippen molar-refractivity contribution in [3.05, 3.63) is 92.9 Å². The highest BCUT2D eigenvalue weighted by molar-refractivity contribution is 9.10. The number of nitrogens with one attached hydrogen (secondary N) is 1. The molecule has 0 saturated carbocycles. The molecule has 0 spiro atoms. The van der Waals surface area contributed by atoms with Crippen molar-refractivity contribution in [2.24, 2.45) is 0 Å². The van der Waals surface area contributed by atoms with Crippen LogP contribution in [0.5, 0.6) is 5.75 Å². The average molecular weight is 576 g/mol. The molecule has 0 aromatic heterocycles. The van der Waals surface area contributed by atoms with Crippen LogP contribution in [0.2, 0.25) is 5.02 Å². The maximum atomic E-state index is 13.1. The highest BCUT2D eigenvalue weighted by Gasteiger charge is 2.37. The van der Waals surface area contributed by atoms with E-state index in [0.29, 0.717) is 16.1 Å². The van der Waals surface area contributed by atoms with E-state index < -0.39 is 28.0 Å². The summed E-state index contributed by atoms with van der Waals surface area (Å²) in [7, 11) is -4.06. The Morgan fingerprint density at radius 2 is 1.71 bits per heavy atom. The predicted molar refractivity (Wildman–Crippen MR) is 134 cm³/mol. The van der Waals surface area contributed by atoms with Gasteiger partial charge in [-0.25, -0.2) is 9.69 Å². The molecule has 1 heterocycles. The summed E-state index contributed by atoms with van der Waals surface area (Å²) in [6.07, 6.45) is 1.29. The summed E-state index contributed by atoms with van der Waals surface area (Å²) in [5.41, 5.74) is 0.948. The molecule has 1 fully saturated rings. The van der Waals surface area contributed by atoms with Gasteiger partial charge >= 0.3 is 16.1 Å². The molecular formula is C24H16BrClN2O6S. The van der Waals surface area contributed by atoms with Crippen LogP contribution < -0.4 is 14.4 Å². The number of hydrogen-bond acceptors (Lipinski definition) is 6. The minimum Gasteiger partial charge on any atom is -0.378 e. The lowest BCUT2D eigenvalue weighted by Crippen LogP contribution is -2.54. The summed E-state index contributed by atoms with van der Waals surface area (Å²) in [6.45, 7) is 1.70. The Labute approximate surface area is 214 Å². The molecule has 1 aliphatic rings. The van der Waals surface area contributed by atoms with Gasteiger partial charge in [-0.1, -0.05) is 41.9 Å². The molecule has 0 unspecified atom stereocenters. The molecular weight excluding hydrogens is 560 g/mol. The maximum Gasteiger partial charge on any atom is 0.339 e. The van der Waals surface area contributed by atoms with E-state index in [1.807, 2.05) is 0 Å². The number of aryl methyl sites for hydroxylation is 1. The van der Waals surface area contributed by atoms with E-state index in [-0.39, 0.29) is 26.4 Å². The predicted octanol–water partition coefficient (Wildman–Crippen LogP) is 4.85. The van der Waals surface area contributed by atoms with Crippen LogP contribution in [0.25, 0.3) is 6.08 Å². The van der Waals surface area contributed by atoms with Gasteiger partial charge in [-0.05, 0) is 76.5 Å². The fourth-order valence-electron chi connectivity index (χ4n) is 3.29. The Hall–Kier alpha value is -3.47. The van der Waals surface area contributed by atoms with E-state index in [1.54, 1.807) is 37.3 Å². The van der Waals surface area contributed by atoms with Gasteiger partial charge in [-0.3, -0.25) is 14.9 Å². The SMILES string of the molecule is Cc1ccc(Cl)cc1N1C(=O)NC(=O)/C(=C\c2ccc(OS(=O)(=O)c3ccccc3)c(Br)c2)C1=O. The van der Waals surface area contributed by atoms with E-state index in [9.17, 15) is 22.8 Å². The zero-order valence-electron chi connectivity index (χ0n) is 18.0. The minimum absolute atomic E-state index is 0.0105. The van der Waals surface area contributed by atoms with Crippen LogP contribution in [-0.4, -0.2) is 26.3 Å². The lowest BCUT2D eigenvalue weighted by Gasteiger charge is -2.27. The van der Waals surface area contributed by atoms with Crippen molar-refractivity contribution in [1.29, 1.82) is 0 Å². The summed E-state index contributed by atoms with van der Waals surface area (Å²) < 4.78 is 30.5. The second kappa shape index (κ2) is 9.65. The van der Waals surface area contributed by atoms with Gasteiger partial charge in [0, 0.05) is 5.02 Å². The number of hydrogen-bond donors (Lipinski definition) is 1. The number of anilines is 1. The van der Waals surface area contributed by atoms with Crippen LogP contribution in [0, 0.1) is 6.92 Å². The fraction of sp³-hybridized carbons (Fsp3) is 0.0417. The van der Waals surface area contributed by atoms with E-state index >= 15 is 0 Å². The standard InChI is InChI=1S/C24H16BrClN2O6S/c1-14-7-9-16(26)13-20(14)28-23(30)18(22(29)27-24(28)31)11-15-8-10-21(19(25)12-15)34-35(32,33)17-5-3-2-4-6-17/h2-13H,1H3,(H,27,29,31)/b18-11+. The van der Waals surface area contributed by atoms with E-state index in [2.05, 4.69) is 21.2 Å². The van der Waals surface area contributed by atoms with Crippen molar-refractivity contribution < 1.29 is 27.0 Å². The van der Waals surface area contributed by atoms with Crippen molar-refractivity contribution >= 4 is 67.3 Å². The molecule has 0 radical (unpaired) electrons. The van der Waals surface area contributed by atoms with Gasteiger partial charge < -0.3 is 4.18 Å². The molecule has 0 bridgehead atoms. The first-order valence-corrected chi connectivity index (χ1v) is 12.6. The third kappa shape index (κ3) is 5.14. The summed E-state index contributed by atoms with van der Waals surface area (Å²) in [4.78, 5) is 38.9. The number of carbonyl (C=O) groups excluding carboxylic acids is 3. The van der Waals surface area contributed by atoms with Gasteiger partial charge in [0.25, 0.3) is 11.8 Å². The number of halogens is 2. The fourth-order valence-corrected chi connectivity index (χ4v) is 5.01. The smallest absolute Gasteiger partial charge is 0.339 e. The topological polar surface area (TPSA) is 110 Å². The molecule has 35 heavy (non-hydrogen) atoms. The zero-order chi connectivity index (χ0) is 25.3. The first-order chi connectivity index (χ1) is 16.6. The lowest BCUT2D eigenvalue weighted by molar-refractivity contribution is -0.122. The summed E-state index contributed by atoms with van der Waals surface area (Å²) in [5.74, 6) is -1.67. The molecule has 4 rings (SSSR count). The van der Waals surface area contributed by atoms with Crippen molar-refractivity contribution in [3.8, 4) is 5.75 Å². The maximum absolute atomic E-state index is 13.1. The Balaban J connectivity index is 1.65. The van der Waals surface area contributed by atoms with Crippen molar-refractivity contribution in [1.82, 2.24) is 5.32 Å². The van der Waals surface area contributed by atoms with Gasteiger partial charge in [0.2, 0.25) is 0 Å². The number of benzene rings is 3. The van der Waals surface area contributed by atoms with Crippen LogP contribution in [-0.2, 0) is 19.7 Å². The Morgan fingerprint density at radius 1 is 1.00 bits per heavy atom. The lowest BCUT2D eigenvalue weighted by atomic mass is 10.1. The molecule has 1 N–H and O–H groups in total. The van der Waals surface area contributed by atoms with E-state index in [4.69, 9.17) is 15.8 Å². The van der Waals surface area contributed by atoms with Crippen LogP contribution in [0.4, 0.5) is 10.5 Å². The molecule has 4 amide bonds. The monoisotopic (exact) mass is 574 g/mol. The average Bonchev–Trinajstić information content (AvgIpc) is 2.81. The van der Waals surface area contributed by atoms with Crippen molar-refractivity contribution in [2.45, 2.75) is 11.8 Å². The first-order valence-electron chi connectivity index (χ1n) is 10.0. The number of nitrogens with zero attached hydrogens (tertiary/aromatic N) is 1. The highest BCUT2D eigenvalue weighted by atomic mass is 79.9. The van der Waals surface area contributed by atoms with E-state index in [1.165, 1.54) is 42.5 Å². The van der Waals surface area contributed by atoms with Gasteiger partial charge in [-0.2, -0.15) is 8.42 Å². The number of imide groups is 2. The zero-order valence-corrected chi connectivity index (χ0v) is 21.1. The van der Waals surface area contributed by atoms with Gasteiger partial charge in [0.15, 0.2) is 5.75 Å². The number of amides is 4. The van der Waals surface area contributed by atoms with Gasteiger partial charge in [0.1, 0.15) is 10.5 Å². The largest absolute Gasteiger partial charge is 0.378 e. The number of barbiturate groups is 1. The molecule has 1 saturated heterocycles. The van der Waals surface area contributed by atoms with Crippen LogP contribution in [0.15, 0.2) is 81.7 Å². The Morgan fingerprint density at radius 3 is 2.40 bits per heavy atom. The third-order valence-electron chi connectivity index (χ3n) is 5.01. The quantitative estimate of drug-likeness (QED) is 0.265. The molecule has 3 aromatic rings. The molecule has 0 aliphatic carbocycles. The molecule has 178 valence electrons. The molecule has 8 nitrogen and oxygen atoms in total. The number of carbonyl (C=O) groups is 3. The number of rotatable bonds is 5. The molecule has 3 aromatic carbocycles. The first kappa shape index (κ1) is 24.6. The van der Waals surface area contributed by atoms with Crippen LogP contribution in [0.1, 0.15) is 11.1 Å². The second-order valence-electron chi connectivity index (χ2n) is 7.43. The second-order valence-corrected chi connectivity index (χ2v) is 10.3. The van der Waals surface area contributed by atoms with E-state index in [0.717, 1.165) is 4.90 Å². The summed E-state index contributed by atoms with van der Waals surface area (Å²) in [5, 5.41) is 2.47. The number of urea groups is 1. The Kier molecular flexibility index (Phi) is 6.79. The van der Waals surface area contributed by atoms with Gasteiger partial charge in [0.05, 0.1) is 10.2 Å². The highest BCUT2D eigenvalue weighted by Crippen LogP contribution is 2.31. The third-order valence-corrected chi connectivity index (χ3v) is 7.12. The molecule has 1 aliphatic heterocycles. The summed E-state index contributed by atoms with van der Waals surface area (Å²) >= 11 is 9.29. The van der Waals surface area contributed by atoms with Crippen LogP contribution >= 0.6 is 27.5 Å². The Bertz CT molecular complexity index is 1510. The normalized spacial score (nSPS) is 15.3. The van der Waals surface area contributed by atoms with Gasteiger partial charge in [-0.15, -0.1) is 0 Å². The minimum atomic E-state index is -4.06. The van der Waals surface area contributed by atoms with Crippen LogP contribution in [0.3, 0.4) is 0 Å². The summed E-state index contributed by atoms with van der Waals surface area (Å²) in [6, 6.07) is 15.8. The van der Waals surface area contributed by atoms with Crippen molar-refractivity contribution in [2.75, 3.05) is 4.90 Å².